The zero-order valence-electron chi connectivity index (χ0n) is 13.1. The van der Waals surface area contributed by atoms with Crippen LogP contribution in [0, 0.1) is 11.7 Å². The van der Waals surface area contributed by atoms with Crippen molar-refractivity contribution in [3.8, 4) is 0 Å². The molecular weight excluding hydrogens is 291 g/mol. The van der Waals surface area contributed by atoms with Crippen molar-refractivity contribution >= 4 is 10.0 Å². The Labute approximate surface area is 127 Å². The maximum Gasteiger partial charge on any atom is 0.243 e. The van der Waals surface area contributed by atoms with Gasteiger partial charge in [-0.2, -0.15) is 0 Å². The Morgan fingerprint density at radius 2 is 1.95 bits per heavy atom. The zero-order valence-corrected chi connectivity index (χ0v) is 13.9. The second kappa shape index (κ2) is 7.87. The van der Waals surface area contributed by atoms with Gasteiger partial charge >= 0.3 is 0 Å². The lowest BCUT2D eigenvalue weighted by Gasteiger charge is -2.18. The van der Waals surface area contributed by atoms with E-state index in [9.17, 15) is 12.8 Å². The highest BCUT2D eigenvalue weighted by atomic mass is 32.2. The third-order valence-electron chi connectivity index (χ3n) is 3.48. The van der Waals surface area contributed by atoms with Crippen molar-refractivity contribution in [3.05, 3.63) is 29.6 Å². The van der Waals surface area contributed by atoms with Crippen LogP contribution in [0.4, 0.5) is 4.39 Å². The molecule has 0 spiro atoms. The van der Waals surface area contributed by atoms with Crippen molar-refractivity contribution in [2.75, 3.05) is 7.05 Å². The molecular formula is C15H25FN2O2S. The van der Waals surface area contributed by atoms with E-state index in [1.54, 1.807) is 20.0 Å². The van der Waals surface area contributed by atoms with E-state index in [-0.39, 0.29) is 10.9 Å². The Morgan fingerprint density at radius 1 is 1.29 bits per heavy atom. The van der Waals surface area contributed by atoms with E-state index < -0.39 is 15.8 Å². The van der Waals surface area contributed by atoms with E-state index in [4.69, 9.17) is 0 Å². The highest BCUT2D eigenvalue weighted by molar-refractivity contribution is 7.89. The highest BCUT2D eigenvalue weighted by Gasteiger charge is 2.22. The molecule has 1 aromatic carbocycles. The number of hydrogen-bond acceptors (Lipinski definition) is 3. The quantitative estimate of drug-likeness (QED) is 0.775. The molecule has 0 radical (unpaired) electrons. The molecule has 0 aliphatic rings. The summed E-state index contributed by atoms with van der Waals surface area (Å²) in [5.74, 6) is -0.304. The van der Waals surface area contributed by atoms with Gasteiger partial charge in [0, 0.05) is 12.6 Å². The SMILES string of the molecule is CCC(C)CC(C)NS(=O)(=O)c1cc(CNC)ccc1F. The van der Waals surface area contributed by atoms with Gasteiger partial charge in [-0.15, -0.1) is 0 Å². The van der Waals surface area contributed by atoms with Crippen molar-refractivity contribution in [1.29, 1.82) is 0 Å². The van der Waals surface area contributed by atoms with Gasteiger partial charge in [0.25, 0.3) is 0 Å². The van der Waals surface area contributed by atoms with Gasteiger partial charge in [0.1, 0.15) is 10.7 Å². The van der Waals surface area contributed by atoms with Crippen molar-refractivity contribution in [3.63, 3.8) is 0 Å². The van der Waals surface area contributed by atoms with Crippen LogP contribution in [-0.2, 0) is 16.6 Å². The normalized spacial score (nSPS) is 14.9. The molecule has 21 heavy (non-hydrogen) atoms. The average molecular weight is 316 g/mol. The third kappa shape index (κ3) is 5.37. The summed E-state index contributed by atoms with van der Waals surface area (Å²) in [4.78, 5) is -0.286. The van der Waals surface area contributed by atoms with Crippen LogP contribution in [0.3, 0.4) is 0 Å². The molecule has 0 heterocycles. The minimum atomic E-state index is -3.84. The minimum absolute atomic E-state index is 0.225. The molecule has 2 N–H and O–H groups in total. The fraction of sp³-hybridized carbons (Fsp3) is 0.600. The Kier molecular flexibility index (Phi) is 6.77. The molecule has 0 aliphatic carbocycles. The summed E-state index contributed by atoms with van der Waals surface area (Å²) in [5.41, 5.74) is 0.730. The molecule has 2 unspecified atom stereocenters. The summed E-state index contributed by atoms with van der Waals surface area (Å²) in [7, 11) is -2.08. The first-order valence-corrected chi connectivity index (χ1v) is 8.73. The summed E-state index contributed by atoms with van der Waals surface area (Å²) in [6.45, 7) is 6.43. The lowest BCUT2D eigenvalue weighted by atomic mass is 10.0. The highest BCUT2D eigenvalue weighted by Crippen LogP contribution is 2.18. The predicted molar refractivity (Wildman–Crippen MR) is 83.0 cm³/mol. The van der Waals surface area contributed by atoms with Crippen molar-refractivity contribution < 1.29 is 12.8 Å². The van der Waals surface area contributed by atoms with Gasteiger partial charge in [-0.3, -0.25) is 0 Å². The van der Waals surface area contributed by atoms with Gasteiger partial charge in [-0.1, -0.05) is 26.3 Å². The van der Waals surface area contributed by atoms with Gasteiger partial charge in [0.15, 0.2) is 0 Å². The molecule has 1 rings (SSSR count). The van der Waals surface area contributed by atoms with E-state index in [0.29, 0.717) is 12.5 Å². The van der Waals surface area contributed by atoms with Crippen LogP contribution in [0.25, 0.3) is 0 Å². The van der Waals surface area contributed by atoms with E-state index in [2.05, 4.69) is 23.9 Å². The molecule has 0 fully saturated rings. The number of rotatable bonds is 8. The molecule has 0 saturated heterocycles. The lowest BCUT2D eigenvalue weighted by molar-refractivity contribution is 0.444. The fourth-order valence-electron chi connectivity index (χ4n) is 2.21. The first kappa shape index (κ1) is 18.1. The second-order valence-corrected chi connectivity index (χ2v) is 7.25. The maximum absolute atomic E-state index is 13.8. The standard InChI is InChI=1S/C15H25FN2O2S/c1-5-11(2)8-12(3)18-21(19,20)15-9-13(10-17-4)6-7-14(15)16/h6-7,9,11-12,17-18H,5,8,10H2,1-4H3. The van der Waals surface area contributed by atoms with Crippen LogP contribution in [0.2, 0.25) is 0 Å². The molecule has 6 heteroatoms. The van der Waals surface area contributed by atoms with E-state index in [0.717, 1.165) is 18.4 Å². The summed E-state index contributed by atoms with van der Waals surface area (Å²) < 4.78 is 41.0. The molecule has 0 aromatic heterocycles. The molecule has 0 saturated carbocycles. The summed E-state index contributed by atoms with van der Waals surface area (Å²) in [6.07, 6.45) is 1.71. The Bertz CT molecular complexity index is 561. The summed E-state index contributed by atoms with van der Waals surface area (Å²) in [5, 5.41) is 2.92. The summed E-state index contributed by atoms with van der Waals surface area (Å²) >= 11 is 0. The van der Waals surface area contributed by atoms with Crippen LogP contribution in [0.1, 0.15) is 39.2 Å². The smallest absolute Gasteiger partial charge is 0.243 e. The van der Waals surface area contributed by atoms with E-state index in [1.807, 2.05) is 0 Å². The minimum Gasteiger partial charge on any atom is -0.316 e. The third-order valence-corrected chi connectivity index (χ3v) is 5.08. The molecule has 120 valence electrons. The monoisotopic (exact) mass is 316 g/mol. The van der Waals surface area contributed by atoms with Gasteiger partial charge in [0.2, 0.25) is 10.0 Å². The van der Waals surface area contributed by atoms with Crippen LogP contribution in [0.5, 0.6) is 0 Å². The molecule has 4 nitrogen and oxygen atoms in total. The van der Waals surface area contributed by atoms with Crippen LogP contribution in [0.15, 0.2) is 23.1 Å². The molecule has 0 aliphatic heterocycles. The van der Waals surface area contributed by atoms with Crippen molar-refractivity contribution in [2.45, 2.75) is 51.1 Å². The van der Waals surface area contributed by atoms with Crippen LogP contribution >= 0.6 is 0 Å². The topological polar surface area (TPSA) is 58.2 Å². The largest absolute Gasteiger partial charge is 0.316 e. The maximum atomic E-state index is 13.8. The number of nitrogens with one attached hydrogen (secondary N) is 2. The first-order chi connectivity index (χ1) is 9.80. The Hall–Kier alpha value is -0.980. The molecule has 0 amide bonds. The van der Waals surface area contributed by atoms with Gasteiger partial charge in [0.05, 0.1) is 0 Å². The number of halogens is 1. The predicted octanol–water partition coefficient (Wildman–Crippen LogP) is 2.65. The Balaban J connectivity index is 2.94. The lowest BCUT2D eigenvalue weighted by Crippen LogP contribution is -2.34. The first-order valence-electron chi connectivity index (χ1n) is 7.25. The van der Waals surface area contributed by atoms with Crippen LogP contribution < -0.4 is 10.0 Å². The summed E-state index contributed by atoms with van der Waals surface area (Å²) in [6, 6.07) is 3.93. The number of benzene rings is 1. The zero-order chi connectivity index (χ0) is 16.0. The van der Waals surface area contributed by atoms with Gasteiger partial charge < -0.3 is 5.32 Å². The average Bonchev–Trinajstić information content (AvgIpc) is 2.40. The van der Waals surface area contributed by atoms with Gasteiger partial charge in [-0.25, -0.2) is 17.5 Å². The van der Waals surface area contributed by atoms with E-state index >= 15 is 0 Å². The van der Waals surface area contributed by atoms with Crippen LogP contribution in [-0.4, -0.2) is 21.5 Å². The molecule has 0 bridgehead atoms. The van der Waals surface area contributed by atoms with Crippen molar-refractivity contribution in [1.82, 2.24) is 10.0 Å². The second-order valence-electron chi connectivity index (χ2n) is 5.57. The fourth-order valence-corrected chi connectivity index (χ4v) is 3.60. The van der Waals surface area contributed by atoms with Crippen molar-refractivity contribution in [2.24, 2.45) is 5.92 Å². The number of hydrogen-bond donors (Lipinski definition) is 2. The Morgan fingerprint density at radius 3 is 2.52 bits per heavy atom. The molecule has 2 atom stereocenters. The number of sulfonamides is 1. The van der Waals surface area contributed by atoms with Gasteiger partial charge in [-0.05, 0) is 44.0 Å². The van der Waals surface area contributed by atoms with E-state index in [1.165, 1.54) is 12.1 Å². The molecule has 1 aromatic rings.